The van der Waals surface area contributed by atoms with E-state index in [1.54, 1.807) is 0 Å². The molecule has 0 amide bonds. The lowest BCUT2D eigenvalue weighted by atomic mass is 10.0. The summed E-state index contributed by atoms with van der Waals surface area (Å²) >= 11 is 0. The number of unbranched alkanes of at least 4 members (excludes halogenated alkanes) is 31. The van der Waals surface area contributed by atoms with E-state index in [-0.39, 0.29) is 18.5 Å². The van der Waals surface area contributed by atoms with Crippen molar-refractivity contribution in [2.75, 3.05) is 19.8 Å². The summed E-state index contributed by atoms with van der Waals surface area (Å²) in [5.74, 6) is -0.401. The van der Waals surface area contributed by atoms with Crippen LogP contribution in [0.2, 0.25) is 0 Å². The van der Waals surface area contributed by atoms with Crippen molar-refractivity contribution in [1.29, 1.82) is 0 Å². The van der Waals surface area contributed by atoms with Crippen LogP contribution in [0.4, 0.5) is 0 Å². The Morgan fingerprint density at radius 1 is 0.393 bits per heavy atom. The number of esters is 2. The molecule has 0 heterocycles. The van der Waals surface area contributed by atoms with Gasteiger partial charge in [-0.25, -0.2) is 0 Å². The van der Waals surface area contributed by atoms with Crippen LogP contribution in [0.25, 0.3) is 0 Å². The fraction of sp³-hybridized carbons (Fsp3) is 0.882. The van der Waals surface area contributed by atoms with E-state index in [9.17, 15) is 9.59 Å². The van der Waals surface area contributed by atoms with Gasteiger partial charge in [0.1, 0.15) is 6.61 Å². The molecule has 0 aromatic carbocycles. The van der Waals surface area contributed by atoms with E-state index >= 15 is 0 Å². The SMILES string of the molecule is CCCCC/C=C\C/C=C\CCCCCCCC(=O)OCC(COCCCCCCCCCCCCCCCCCC)OC(=O)CCCCCCCCCCC. The lowest BCUT2D eigenvalue weighted by Gasteiger charge is -2.18. The molecule has 0 fully saturated rings. The van der Waals surface area contributed by atoms with Gasteiger partial charge in [0.2, 0.25) is 0 Å². The molecule has 5 nitrogen and oxygen atoms in total. The molecule has 0 saturated carbocycles. The van der Waals surface area contributed by atoms with Crippen molar-refractivity contribution in [3.8, 4) is 0 Å². The molecular weight excluding hydrogens is 693 g/mol. The van der Waals surface area contributed by atoms with Crippen LogP contribution in [-0.4, -0.2) is 37.9 Å². The van der Waals surface area contributed by atoms with Crippen molar-refractivity contribution >= 4 is 11.9 Å². The van der Waals surface area contributed by atoms with Crippen molar-refractivity contribution in [1.82, 2.24) is 0 Å². The van der Waals surface area contributed by atoms with Crippen LogP contribution in [0.5, 0.6) is 0 Å². The minimum Gasteiger partial charge on any atom is -0.462 e. The number of hydrogen-bond acceptors (Lipinski definition) is 5. The zero-order valence-corrected chi connectivity index (χ0v) is 37.9. The Hall–Kier alpha value is -1.62. The van der Waals surface area contributed by atoms with Crippen LogP contribution >= 0.6 is 0 Å². The van der Waals surface area contributed by atoms with Gasteiger partial charge in [0.15, 0.2) is 6.10 Å². The third-order valence-electron chi connectivity index (χ3n) is 11.0. The van der Waals surface area contributed by atoms with Gasteiger partial charge in [-0.2, -0.15) is 0 Å². The van der Waals surface area contributed by atoms with Crippen LogP contribution in [0.3, 0.4) is 0 Å². The molecule has 5 heteroatoms. The number of rotatable bonds is 46. The monoisotopic (exact) mass is 789 g/mol. The minimum absolute atomic E-state index is 0.0849. The van der Waals surface area contributed by atoms with Gasteiger partial charge in [0.25, 0.3) is 0 Å². The number of allylic oxidation sites excluding steroid dienone is 4. The van der Waals surface area contributed by atoms with Gasteiger partial charge in [-0.15, -0.1) is 0 Å². The smallest absolute Gasteiger partial charge is 0.306 e. The maximum Gasteiger partial charge on any atom is 0.306 e. The Morgan fingerprint density at radius 2 is 0.750 bits per heavy atom. The number of carbonyl (C=O) groups is 2. The molecule has 0 saturated heterocycles. The third kappa shape index (κ3) is 45.1. The summed E-state index contributed by atoms with van der Waals surface area (Å²) < 4.78 is 17.3. The van der Waals surface area contributed by atoms with Gasteiger partial charge in [0.05, 0.1) is 6.61 Å². The van der Waals surface area contributed by atoms with E-state index < -0.39 is 6.10 Å². The zero-order valence-electron chi connectivity index (χ0n) is 37.9. The number of ether oxygens (including phenoxy) is 3. The molecule has 0 bridgehead atoms. The lowest BCUT2D eigenvalue weighted by molar-refractivity contribution is -0.163. The molecule has 330 valence electrons. The van der Waals surface area contributed by atoms with E-state index in [2.05, 4.69) is 45.1 Å². The second-order valence-corrected chi connectivity index (χ2v) is 16.7. The number of carbonyl (C=O) groups excluding carboxylic acids is 2. The largest absolute Gasteiger partial charge is 0.462 e. The predicted octanol–water partition coefficient (Wildman–Crippen LogP) is 16.5. The van der Waals surface area contributed by atoms with Gasteiger partial charge >= 0.3 is 11.9 Å². The molecule has 0 aliphatic carbocycles. The van der Waals surface area contributed by atoms with E-state index in [0.717, 1.165) is 51.4 Å². The van der Waals surface area contributed by atoms with E-state index in [0.29, 0.717) is 26.1 Å². The first-order valence-electron chi connectivity index (χ1n) is 24.9. The predicted molar refractivity (Wildman–Crippen MR) is 242 cm³/mol. The molecule has 0 radical (unpaired) electrons. The van der Waals surface area contributed by atoms with Crippen molar-refractivity contribution < 1.29 is 23.8 Å². The Balaban J connectivity index is 4.18. The van der Waals surface area contributed by atoms with Crippen LogP contribution in [0.15, 0.2) is 24.3 Å². The van der Waals surface area contributed by atoms with Gasteiger partial charge in [-0.05, 0) is 51.4 Å². The van der Waals surface area contributed by atoms with Gasteiger partial charge in [-0.1, -0.05) is 225 Å². The van der Waals surface area contributed by atoms with Crippen LogP contribution < -0.4 is 0 Å². The Morgan fingerprint density at radius 3 is 1.21 bits per heavy atom. The lowest BCUT2D eigenvalue weighted by Crippen LogP contribution is -2.30. The Labute approximate surface area is 349 Å². The third-order valence-corrected chi connectivity index (χ3v) is 11.0. The topological polar surface area (TPSA) is 61.8 Å². The van der Waals surface area contributed by atoms with E-state index in [4.69, 9.17) is 14.2 Å². The maximum atomic E-state index is 12.7. The molecule has 0 rings (SSSR count). The first-order valence-corrected chi connectivity index (χ1v) is 24.9. The molecule has 0 aromatic heterocycles. The molecule has 0 aliphatic heterocycles. The second-order valence-electron chi connectivity index (χ2n) is 16.7. The van der Waals surface area contributed by atoms with E-state index in [1.165, 1.54) is 180 Å². The highest BCUT2D eigenvalue weighted by Crippen LogP contribution is 2.15. The molecule has 0 spiro atoms. The summed E-state index contributed by atoms with van der Waals surface area (Å²) in [6, 6.07) is 0. The van der Waals surface area contributed by atoms with Gasteiger partial charge < -0.3 is 14.2 Å². The second kappa shape index (κ2) is 47.8. The highest BCUT2D eigenvalue weighted by atomic mass is 16.6. The van der Waals surface area contributed by atoms with Crippen LogP contribution in [-0.2, 0) is 23.8 Å². The molecule has 0 aliphatic rings. The molecule has 1 unspecified atom stereocenters. The summed E-state index contributed by atoms with van der Waals surface area (Å²) in [6.07, 6.45) is 54.7. The standard InChI is InChI=1S/C51H96O5/c1-4-7-10-13-16-19-21-23-25-27-29-31-34-37-40-43-46-54-47-49(56-51(53)45-42-39-36-32-18-15-12-9-6-3)48-55-50(52)44-41-38-35-33-30-28-26-24-22-20-17-14-11-8-5-2/h17,20,24,26,49H,4-16,18-19,21-23,25,27-48H2,1-3H3/b20-17-,26-24-. The minimum atomic E-state index is -0.532. The zero-order chi connectivity index (χ0) is 40.7. The first kappa shape index (κ1) is 54.4. The first-order chi connectivity index (χ1) is 27.6. The summed E-state index contributed by atoms with van der Waals surface area (Å²) in [4.78, 5) is 25.2. The molecule has 0 aromatic rings. The highest BCUT2D eigenvalue weighted by molar-refractivity contribution is 5.70. The van der Waals surface area contributed by atoms with E-state index in [1.807, 2.05) is 0 Å². The summed E-state index contributed by atoms with van der Waals surface area (Å²) in [5, 5.41) is 0. The molecule has 56 heavy (non-hydrogen) atoms. The van der Waals surface area contributed by atoms with Crippen molar-refractivity contribution in [3.63, 3.8) is 0 Å². The van der Waals surface area contributed by atoms with Crippen LogP contribution in [0.1, 0.15) is 265 Å². The highest BCUT2D eigenvalue weighted by Gasteiger charge is 2.17. The average Bonchev–Trinajstić information content (AvgIpc) is 3.20. The summed E-state index contributed by atoms with van der Waals surface area (Å²) in [7, 11) is 0. The average molecular weight is 789 g/mol. The normalized spacial score (nSPS) is 12.3. The summed E-state index contributed by atoms with van der Waals surface area (Å²) in [5.41, 5.74) is 0. The fourth-order valence-corrected chi connectivity index (χ4v) is 7.25. The molecular formula is C51H96O5. The number of hydrogen-bond donors (Lipinski definition) is 0. The summed E-state index contributed by atoms with van der Waals surface area (Å²) in [6.45, 7) is 7.82. The Kier molecular flexibility index (Phi) is 46.4. The van der Waals surface area contributed by atoms with Crippen molar-refractivity contribution in [2.45, 2.75) is 271 Å². The Bertz CT molecular complexity index is 851. The fourth-order valence-electron chi connectivity index (χ4n) is 7.25. The van der Waals surface area contributed by atoms with Crippen LogP contribution in [0, 0.1) is 0 Å². The molecule has 0 N–H and O–H groups in total. The van der Waals surface area contributed by atoms with Crippen molar-refractivity contribution in [3.05, 3.63) is 24.3 Å². The quantitative estimate of drug-likeness (QED) is 0.0349. The van der Waals surface area contributed by atoms with Gasteiger partial charge in [-0.3, -0.25) is 9.59 Å². The van der Waals surface area contributed by atoms with Gasteiger partial charge in [0, 0.05) is 19.4 Å². The van der Waals surface area contributed by atoms with Crippen molar-refractivity contribution in [2.24, 2.45) is 0 Å². The molecule has 1 atom stereocenters. The maximum absolute atomic E-state index is 12.7.